The minimum atomic E-state index is -4.41. The van der Waals surface area contributed by atoms with E-state index in [9.17, 15) is 26.3 Å². The van der Waals surface area contributed by atoms with E-state index in [1.54, 1.807) is 0 Å². The predicted octanol–water partition coefficient (Wildman–Crippen LogP) is 9.31. The molecule has 3 aliphatic rings. The Labute approximate surface area is 378 Å². The molecule has 8 rings (SSSR count). The number of benzene rings is 4. The molecule has 0 nitrogen and oxygen atoms in total. The molecule has 3 aliphatic carbocycles. The van der Waals surface area contributed by atoms with Gasteiger partial charge >= 0.3 is 137 Å². The number of rotatable bonds is 3. The fourth-order valence-electron chi connectivity index (χ4n) is 8.25. The molecule has 0 aliphatic heterocycles. The quantitative estimate of drug-likeness (QED) is 0.125. The first-order valence-electron chi connectivity index (χ1n) is 19.7. The molecule has 0 heterocycles. The van der Waals surface area contributed by atoms with Gasteiger partial charge in [-0.2, -0.15) is 11.6 Å². The molecule has 0 bridgehead atoms. The summed E-state index contributed by atoms with van der Waals surface area (Å²) in [5, 5.41) is 5.57. The molecule has 1 atom stereocenters. The van der Waals surface area contributed by atoms with Gasteiger partial charge in [-0.25, -0.2) is 6.08 Å². The van der Waals surface area contributed by atoms with Gasteiger partial charge in [-0.05, 0) is 36.1 Å². The zero-order chi connectivity index (χ0) is 42.7. The third kappa shape index (κ3) is 10.3. The maximum atomic E-state index is 12.5. The van der Waals surface area contributed by atoms with E-state index in [0.29, 0.717) is 25.7 Å². The molecule has 1 unspecified atom stereocenters. The first-order chi connectivity index (χ1) is 26.8. The van der Waals surface area contributed by atoms with Crippen molar-refractivity contribution in [2.45, 2.75) is 98.8 Å². The number of alkyl halides is 6. The molecule has 0 saturated carbocycles. The molecule has 0 saturated heterocycles. The molecule has 60 heavy (non-hydrogen) atoms. The van der Waals surface area contributed by atoms with Gasteiger partial charge in [-0.15, -0.1) is 39.7 Å². The molecule has 0 N–H and O–H groups in total. The van der Waals surface area contributed by atoms with E-state index in [2.05, 4.69) is 130 Å². The fraction of sp³-hybridized carbons (Fsp3) is 0.333. The Bertz CT molecular complexity index is 2360. The van der Waals surface area contributed by atoms with Crippen molar-refractivity contribution in [3.63, 3.8) is 0 Å². The van der Waals surface area contributed by atoms with E-state index in [1.165, 1.54) is 91.2 Å². The van der Waals surface area contributed by atoms with Gasteiger partial charge < -0.3 is 24.8 Å². The maximum absolute atomic E-state index is 12.5. The van der Waals surface area contributed by atoms with Crippen LogP contribution in [0.2, 0.25) is 0 Å². The Balaban J connectivity index is 0.000000209. The van der Waals surface area contributed by atoms with E-state index in [0.717, 1.165) is 48.5 Å². The van der Waals surface area contributed by atoms with Crippen molar-refractivity contribution in [3.8, 4) is 0 Å². The first kappa shape index (κ1) is 49.3. The van der Waals surface area contributed by atoms with Crippen molar-refractivity contribution in [3.05, 3.63) is 159 Å². The van der Waals surface area contributed by atoms with Crippen LogP contribution in [0.4, 0.5) is 26.3 Å². The van der Waals surface area contributed by atoms with Gasteiger partial charge in [0.1, 0.15) is 0 Å². The maximum Gasteiger partial charge on any atom is -1.00 e. The smallest absolute Gasteiger partial charge is 1.00 e. The molecular weight excluding hydrogens is 889 g/mol. The zero-order valence-electron chi connectivity index (χ0n) is 35.6. The minimum Gasteiger partial charge on any atom is -1.00 e. The van der Waals surface area contributed by atoms with E-state index in [4.69, 9.17) is 0 Å². The third-order valence-electron chi connectivity index (χ3n) is 11.5. The summed E-state index contributed by atoms with van der Waals surface area (Å²) in [6.45, 7) is 22.7. The van der Waals surface area contributed by atoms with Gasteiger partial charge in [0.05, 0.1) is 0 Å². The van der Waals surface area contributed by atoms with Gasteiger partial charge in [0.15, 0.2) is 0 Å². The Hall–Kier alpha value is -3.38. The molecular formula is C51H50Cl2F6Zr-2. The Morgan fingerprint density at radius 1 is 0.667 bits per heavy atom. The molecule has 0 aromatic heterocycles. The van der Waals surface area contributed by atoms with Crippen molar-refractivity contribution in [1.29, 1.82) is 0 Å². The van der Waals surface area contributed by atoms with Crippen LogP contribution in [-0.4, -0.2) is 3.21 Å². The SMILES string of the molecule is CC1=CC(C)(C)c2cc3[cH-]c4cc5c(cc4c3cc21)C(C)=CC5(C)C.CCC1[C-]=CC(C(C)(C)C)=C1.FC(F)(F)c1ccc([C](=[Zr+2])c2ccc(C(F)(F)F)cc2)cc1.[Cl-].[Cl-]. The number of fused-ring (bicyclic) bond motifs is 5. The van der Waals surface area contributed by atoms with Gasteiger partial charge in [0.25, 0.3) is 0 Å². The monoisotopic (exact) mass is 936 g/mol. The summed E-state index contributed by atoms with van der Waals surface area (Å²) in [5.74, 6) is 0.573. The van der Waals surface area contributed by atoms with Crippen molar-refractivity contribution >= 4 is 35.9 Å². The van der Waals surface area contributed by atoms with Crippen molar-refractivity contribution in [2.75, 3.05) is 0 Å². The standard InChI is InChI=1S/C25H25.C15H8F6.C11H17.2ClH.Zr/c1-14-12-24(3,4)22-8-16-7-17-9-23-19(15(2)13-25(23,5)6)11-21(17)20(16)10-18(14)22;16-14(17,18)12-5-1-10(2-6-12)9-11-3-7-13(8-4-11)15(19,20)21;1-5-9-6-7-10(8-9)11(2,3)4;;;/h7-13H,1-6H3;1-8H;7-9H,5H2,1-4H3;2*1H;/q-1;;-1;;;+2/p-2. The van der Waals surface area contributed by atoms with Gasteiger partial charge in [-0.3, -0.25) is 6.08 Å². The van der Waals surface area contributed by atoms with Crippen LogP contribution < -0.4 is 24.8 Å². The van der Waals surface area contributed by atoms with Gasteiger partial charge in [0.2, 0.25) is 0 Å². The van der Waals surface area contributed by atoms with Crippen molar-refractivity contribution in [1.82, 2.24) is 0 Å². The minimum absolute atomic E-state index is 0. The zero-order valence-corrected chi connectivity index (χ0v) is 39.6. The third-order valence-corrected chi connectivity index (χ3v) is 12.9. The van der Waals surface area contributed by atoms with Crippen LogP contribution >= 0.6 is 0 Å². The summed E-state index contributed by atoms with van der Waals surface area (Å²) in [5.41, 5.74) is 10.2. The van der Waals surface area contributed by atoms with Crippen molar-refractivity contribution < 1.29 is 75.4 Å². The van der Waals surface area contributed by atoms with Gasteiger partial charge in [-0.1, -0.05) is 109 Å². The van der Waals surface area contributed by atoms with Crippen LogP contribution in [0.15, 0.2) is 109 Å². The van der Waals surface area contributed by atoms with Crippen LogP contribution in [0, 0.1) is 17.4 Å². The summed E-state index contributed by atoms with van der Waals surface area (Å²) in [4.78, 5) is 0. The Kier molecular flexibility index (Phi) is 14.6. The second kappa shape index (κ2) is 17.8. The average Bonchev–Trinajstić information content (AvgIpc) is 3.88. The molecule has 5 aromatic rings. The molecule has 9 heteroatoms. The largest absolute Gasteiger partial charge is 1.00 e. The fourth-order valence-corrected chi connectivity index (χ4v) is 9.07. The van der Waals surface area contributed by atoms with Gasteiger partial charge in [0, 0.05) is 10.8 Å². The molecule has 316 valence electrons. The van der Waals surface area contributed by atoms with E-state index < -0.39 is 23.5 Å². The van der Waals surface area contributed by atoms with Crippen LogP contribution in [0.1, 0.15) is 120 Å². The summed E-state index contributed by atoms with van der Waals surface area (Å²) in [7, 11) is 0. The number of halogens is 8. The number of allylic oxidation sites excluding steroid dienone is 8. The van der Waals surface area contributed by atoms with E-state index in [1.807, 2.05) is 0 Å². The van der Waals surface area contributed by atoms with E-state index >= 15 is 0 Å². The summed E-state index contributed by atoms with van der Waals surface area (Å²) < 4.78 is 75.6. The predicted molar refractivity (Wildman–Crippen MR) is 226 cm³/mol. The van der Waals surface area contributed by atoms with Crippen LogP contribution in [0.3, 0.4) is 0 Å². The van der Waals surface area contributed by atoms with Crippen molar-refractivity contribution in [2.24, 2.45) is 11.3 Å². The average molecular weight is 939 g/mol. The Morgan fingerprint density at radius 2 is 1.05 bits per heavy atom. The summed E-state index contributed by atoms with van der Waals surface area (Å²) >= 11 is 0.898. The normalized spacial score (nSPS) is 17.2. The second-order valence-electron chi connectivity index (χ2n) is 17.9. The molecule has 0 radical (unpaired) electrons. The van der Waals surface area contributed by atoms with Crippen LogP contribution in [0.5, 0.6) is 0 Å². The topological polar surface area (TPSA) is 0 Å². The molecule has 0 spiro atoms. The van der Waals surface area contributed by atoms with Crippen LogP contribution in [0.25, 0.3) is 32.7 Å². The van der Waals surface area contributed by atoms with E-state index in [-0.39, 0.29) is 35.6 Å². The number of hydrogen-bond donors (Lipinski definition) is 0. The summed E-state index contributed by atoms with van der Waals surface area (Å²) in [6, 6.07) is 21.2. The summed E-state index contributed by atoms with van der Waals surface area (Å²) in [6.07, 6.45) is 5.00. The van der Waals surface area contributed by atoms with Crippen LogP contribution in [-0.2, 0) is 47.4 Å². The molecule has 0 amide bonds. The Morgan fingerprint density at radius 3 is 1.35 bits per heavy atom. The first-order valence-corrected chi connectivity index (χ1v) is 20.9. The molecule has 0 fully saturated rings. The number of hydrogen-bond acceptors (Lipinski definition) is 0. The second-order valence-corrected chi connectivity index (χ2v) is 19.2. The molecule has 5 aromatic carbocycles.